The van der Waals surface area contributed by atoms with Gasteiger partial charge in [0, 0.05) is 12.2 Å². The summed E-state index contributed by atoms with van der Waals surface area (Å²) in [4.78, 5) is 3.31. The van der Waals surface area contributed by atoms with E-state index in [1.165, 1.54) is 12.3 Å². The van der Waals surface area contributed by atoms with Crippen LogP contribution in [-0.4, -0.2) is 4.98 Å². The van der Waals surface area contributed by atoms with Gasteiger partial charge < -0.3 is 5.73 Å². The van der Waals surface area contributed by atoms with Crippen molar-refractivity contribution >= 4 is 0 Å². The topological polar surface area (TPSA) is 38.9 Å². The zero-order chi connectivity index (χ0) is 10.8. The van der Waals surface area contributed by atoms with Crippen LogP contribution in [0.15, 0.2) is 18.3 Å². The minimum atomic E-state index is -4.38. The van der Waals surface area contributed by atoms with Gasteiger partial charge in [0.05, 0.1) is 0 Å². The van der Waals surface area contributed by atoms with Gasteiger partial charge in [0.25, 0.3) is 0 Å². The third kappa shape index (κ3) is 2.45. The van der Waals surface area contributed by atoms with Crippen molar-refractivity contribution in [2.24, 2.45) is 5.73 Å². The summed E-state index contributed by atoms with van der Waals surface area (Å²) >= 11 is 0. The molecule has 0 saturated carbocycles. The van der Waals surface area contributed by atoms with E-state index in [9.17, 15) is 13.2 Å². The predicted molar refractivity (Wildman–Crippen MR) is 46.5 cm³/mol. The Kier molecular flexibility index (Phi) is 3.10. The van der Waals surface area contributed by atoms with Gasteiger partial charge >= 0.3 is 6.18 Å². The van der Waals surface area contributed by atoms with Crippen molar-refractivity contribution in [2.45, 2.75) is 25.6 Å². The molecule has 1 atom stereocenters. The van der Waals surface area contributed by atoms with Crippen LogP contribution in [0.3, 0.4) is 0 Å². The zero-order valence-electron chi connectivity index (χ0n) is 7.67. The zero-order valence-corrected chi connectivity index (χ0v) is 7.67. The SMILES string of the molecule is CC[C@H](N)c1ccc(C(F)(F)F)nc1. The molecule has 0 saturated heterocycles. The predicted octanol–water partition coefficient (Wildman–Crippen LogP) is 2.51. The van der Waals surface area contributed by atoms with Crippen LogP contribution >= 0.6 is 0 Å². The Morgan fingerprint density at radius 2 is 2.07 bits per heavy atom. The van der Waals surface area contributed by atoms with Crippen LogP contribution < -0.4 is 5.73 Å². The van der Waals surface area contributed by atoms with Crippen LogP contribution in [0.5, 0.6) is 0 Å². The summed E-state index contributed by atoms with van der Waals surface area (Å²) in [6, 6.07) is 2.07. The van der Waals surface area contributed by atoms with Crippen molar-refractivity contribution in [2.75, 3.05) is 0 Å². The number of nitrogens with zero attached hydrogens (tertiary/aromatic N) is 1. The summed E-state index contributed by atoms with van der Waals surface area (Å²) < 4.78 is 36.3. The largest absolute Gasteiger partial charge is 0.433 e. The number of pyridine rings is 1. The molecule has 2 N–H and O–H groups in total. The van der Waals surface area contributed by atoms with Crippen LogP contribution in [0, 0.1) is 0 Å². The van der Waals surface area contributed by atoms with E-state index < -0.39 is 11.9 Å². The van der Waals surface area contributed by atoms with Crippen molar-refractivity contribution in [3.05, 3.63) is 29.6 Å². The van der Waals surface area contributed by atoms with E-state index in [2.05, 4.69) is 4.98 Å². The highest BCUT2D eigenvalue weighted by Gasteiger charge is 2.32. The molecule has 0 amide bonds. The van der Waals surface area contributed by atoms with Crippen molar-refractivity contribution < 1.29 is 13.2 Å². The molecule has 1 aromatic rings. The van der Waals surface area contributed by atoms with Crippen LogP contribution in [0.1, 0.15) is 30.6 Å². The van der Waals surface area contributed by atoms with Crippen molar-refractivity contribution in [1.82, 2.24) is 4.98 Å². The van der Waals surface area contributed by atoms with E-state index in [-0.39, 0.29) is 6.04 Å². The standard InChI is InChI=1S/C9H11F3N2/c1-2-7(13)6-3-4-8(14-5-6)9(10,11)12/h3-5,7H,2,13H2,1H3/t7-/m0/s1. The Hall–Kier alpha value is -1.10. The molecule has 1 heterocycles. The lowest BCUT2D eigenvalue weighted by Gasteiger charge is -2.10. The Morgan fingerprint density at radius 1 is 1.43 bits per heavy atom. The van der Waals surface area contributed by atoms with Gasteiger partial charge in [-0.25, -0.2) is 0 Å². The van der Waals surface area contributed by atoms with E-state index in [0.29, 0.717) is 12.0 Å². The fraction of sp³-hybridized carbons (Fsp3) is 0.444. The lowest BCUT2D eigenvalue weighted by molar-refractivity contribution is -0.141. The highest BCUT2D eigenvalue weighted by Crippen LogP contribution is 2.27. The van der Waals surface area contributed by atoms with Gasteiger partial charge in [-0.15, -0.1) is 0 Å². The quantitative estimate of drug-likeness (QED) is 0.803. The molecule has 1 aromatic heterocycles. The Bertz CT molecular complexity index is 292. The van der Waals surface area contributed by atoms with Crippen molar-refractivity contribution in [1.29, 1.82) is 0 Å². The van der Waals surface area contributed by atoms with E-state index in [1.54, 1.807) is 0 Å². The molecule has 0 spiro atoms. The van der Waals surface area contributed by atoms with E-state index in [0.717, 1.165) is 6.07 Å². The Labute approximate surface area is 79.9 Å². The average Bonchev–Trinajstić information content (AvgIpc) is 2.15. The van der Waals surface area contributed by atoms with Crippen LogP contribution in [0.4, 0.5) is 13.2 Å². The third-order valence-corrected chi connectivity index (χ3v) is 1.94. The monoisotopic (exact) mass is 204 g/mol. The molecule has 0 unspecified atom stereocenters. The van der Waals surface area contributed by atoms with Crippen LogP contribution in [0.2, 0.25) is 0 Å². The smallest absolute Gasteiger partial charge is 0.324 e. The average molecular weight is 204 g/mol. The molecule has 0 radical (unpaired) electrons. The highest BCUT2D eigenvalue weighted by molar-refractivity contribution is 5.18. The third-order valence-electron chi connectivity index (χ3n) is 1.94. The molecule has 0 aliphatic carbocycles. The van der Waals surface area contributed by atoms with Gasteiger partial charge in [0.2, 0.25) is 0 Å². The first-order chi connectivity index (χ1) is 6.45. The molecule has 1 rings (SSSR count). The van der Waals surface area contributed by atoms with Crippen molar-refractivity contribution in [3.8, 4) is 0 Å². The van der Waals surface area contributed by atoms with Crippen LogP contribution in [0.25, 0.3) is 0 Å². The lowest BCUT2D eigenvalue weighted by atomic mass is 10.1. The Balaban J connectivity index is 2.89. The minimum Gasteiger partial charge on any atom is -0.324 e. The number of aromatic nitrogens is 1. The lowest BCUT2D eigenvalue weighted by Crippen LogP contribution is -2.12. The summed E-state index contributed by atoms with van der Waals surface area (Å²) in [5.74, 6) is 0. The number of hydrogen-bond acceptors (Lipinski definition) is 2. The number of halogens is 3. The van der Waals surface area contributed by atoms with E-state index in [4.69, 9.17) is 5.73 Å². The summed E-state index contributed by atoms with van der Waals surface area (Å²) in [6.45, 7) is 1.86. The van der Waals surface area contributed by atoms with Crippen molar-refractivity contribution in [3.63, 3.8) is 0 Å². The second-order valence-corrected chi connectivity index (χ2v) is 2.99. The first kappa shape index (κ1) is 11.0. The molecular formula is C9H11F3N2. The molecule has 14 heavy (non-hydrogen) atoms. The number of hydrogen-bond donors (Lipinski definition) is 1. The molecule has 0 aliphatic heterocycles. The van der Waals surface area contributed by atoms with Crippen LogP contribution in [-0.2, 0) is 6.18 Å². The number of alkyl halides is 3. The molecule has 0 bridgehead atoms. The molecule has 0 aromatic carbocycles. The molecular weight excluding hydrogens is 193 g/mol. The maximum absolute atomic E-state index is 12.1. The second-order valence-electron chi connectivity index (χ2n) is 2.99. The summed E-state index contributed by atoms with van der Waals surface area (Å²) in [5.41, 5.74) is 5.37. The fourth-order valence-electron chi connectivity index (χ4n) is 1.03. The van der Waals surface area contributed by atoms with E-state index in [1.807, 2.05) is 6.92 Å². The fourth-order valence-corrected chi connectivity index (χ4v) is 1.03. The van der Waals surface area contributed by atoms with Gasteiger partial charge in [-0.2, -0.15) is 13.2 Å². The number of rotatable bonds is 2. The van der Waals surface area contributed by atoms with Gasteiger partial charge in [0.15, 0.2) is 0 Å². The number of nitrogens with two attached hydrogens (primary N) is 1. The highest BCUT2D eigenvalue weighted by atomic mass is 19.4. The first-order valence-corrected chi connectivity index (χ1v) is 4.24. The van der Waals surface area contributed by atoms with Gasteiger partial charge in [-0.3, -0.25) is 4.98 Å². The van der Waals surface area contributed by atoms with E-state index >= 15 is 0 Å². The maximum Gasteiger partial charge on any atom is 0.433 e. The van der Waals surface area contributed by atoms with Gasteiger partial charge in [-0.05, 0) is 18.1 Å². The molecule has 0 aliphatic rings. The van der Waals surface area contributed by atoms with Gasteiger partial charge in [0.1, 0.15) is 5.69 Å². The molecule has 5 heteroatoms. The second kappa shape index (κ2) is 3.96. The summed E-state index contributed by atoms with van der Waals surface area (Å²) in [5, 5.41) is 0. The minimum absolute atomic E-state index is 0.246. The first-order valence-electron chi connectivity index (χ1n) is 4.24. The Morgan fingerprint density at radius 3 is 2.43 bits per heavy atom. The maximum atomic E-state index is 12.1. The normalized spacial score (nSPS) is 14.1. The molecule has 0 fully saturated rings. The molecule has 78 valence electrons. The summed E-state index contributed by atoms with van der Waals surface area (Å²) in [7, 11) is 0. The molecule has 2 nitrogen and oxygen atoms in total. The van der Waals surface area contributed by atoms with Gasteiger partial charge in [-0.1, -0.05) is 13.0 Å². The summed E-state index contributed by atoms with van der Waals surface area (Å²) in [6.07, 6.45) is -2.53.